The van der Waals surface area contributed by atoms with Gasteiger partial charge in [-0.25, -0.2) is 0 Å². The second-order valence-electron chi connectivity index (χ2n) is 7.50. The number of ether oxygens (including phenoxy) is 2. The van der Waals surface area contributed by atoms with Crippen molar-refractivity contribution >= 4 is 5.91 Å². The van der Waals surface area contributed by atoms with Crippen LogP contribution in [-0.4, -0.2) is 60.5 Å². The lowest BCUT2D eigenvalue weighted by molar-refractivity contribution is 0.0211. The fourth-order valence-corrected chi connectivity index (χ4v) is 3.78. The van der Waals surface area contributed by atoms with E-state index < -0.39 is 0 Å². The normalized spacial score (nSPS) is 21.1. The number of hydrogen-bond acceptors (Lipinski definition) is 7. The Morgan fingerprint density at radius 3 is 3.00 bits per heavy atom. The Kier molecular flexibility index (Phi) is 6.38. The number of aromatic nitrogens is 2. The molecule has 8 nitrogen and oxygen atoms in total. The van der Waals surface area contributed by atoms with Crippen molar-refractivity contribution in [2.45, 2.75) is 38.0 Å². The van der Waals surface area contributed by atoms with Crippen molar-refractivity contribution in [1.29, 1.82) is 0 Å². The lowest BCUT2D eigenvalue weighted by Gasteiger charge is -2.30. The van der Waals surface area contributed by atoms with E-state index in [4.69, 9.17) is 18.4 Å². The predicted molar refractivity (Wildman–Crippen MR) is 99.0 cm³/mol. The molecule has 2 fully saturated rings. The summed E-state index contributed by atoms with van der Waals surface area (Å²) >= 11 is 0. The van der Waals surface area contributed by atoms with E-state index in [0.717, 1.165) is 52.0 Å². The summed E-state index contributed by atoms with van der Waals surface area (Å²) < 4.78 is 21.8. The van der Waals surface area contributed by atoms with Gasteiger partial charge < -0.3 is 23.3 Å². The Balaban J connectivity index is 1.24. The van der Waals surface area contributed by atoms with Gasteiger partial charge in [0.1, 0.15) is 0 Å². The molecule has 1 atom stereocenters. The quantitative estimate of drug-likeness (QED) is 0.672. The summed E-state index contributed by atoms with van der Waals surface area (Å²) in [4.78, 5) is 18.8. The minimum atomic E-state index is -0.0871. The Hall–Kier alpha value is -2.19. The molecule has 2 aliphatic heterocycles. The number of likely N-dealkylation sites (tertiary alicyclic amines) is 1. The number of rotatable bonds is 7. The molecule has 2 aromatic heterocycles. The minimum absolute atomic E-state index is 0.0667. The number of carbonyl (C=O) groups is 1. The van der Waals surface area contributed by atoms with E-state index in [2.05, 4.69) is 10.1 Å². The summed E-state index contributed by atoms with van der Waals surface area (Å²) in [6.07, 6.45) is 6.13. The van der Waals surface area contributed by atoms with Crippen molar-refractivity contribution in [3.05, 3.63) is 35.9 Å². The van der Waals surface area contributed by atoms with Crippen LogP contribution in [0.3, 0.4) is 0 Å². The molecule has 0 aromatic carbocycles. The topological polar surface area (TPSA) is 90.8 Å². The van der Waals surface area contributed by atoms with Gasteiger partial charge in [0.05, 0.1) is 18.8 Å². The van der Waals surface area contributed by atoms with Crippen LogP contribution in [0.4, 0.5) is 0 Å². The van der Waals surface area contributed by atoms with Crippen molar-refractivity contribution in [2.75, 3.05) is 39.5 Å². The van der Waals surface area contributed by atoms with Crippen LogP contribution in [0.2, 0.25) is 0 Å². The highest BCUT2D eigenvalue weighted by Crippen LogP contribution is 2.27. The summed E-state index contributed by atoms with van der Waals surface area (Å²) in [5.74, 6) is 2.21. The van der Waals surface area contributed by atoms with Gasteiger partial charge in [-0.1, -0.05) is 5.16 Å². The predicted octanol–water partition coefficient (Wildman–Crippen LogP) is 2.67. The zero-order chi connectivity index (χ0) is 19.2. The Morgan fingerprint density at radius 2 is 2.18 bits per heavy atom. The monoisotopic (exact) mass is 389 g/mol. The molecule has 1 amide bonds. The van der Waals surface area contributed by atoms with Crippen LogP contribution in [0.15, 0.2) is 27.3 Å². The second kappa shape index (κ2) is 9.34. The first kappa shape index (κ1) is 19.1. The lowest BCUT2D eigenvalue weighted by Crippen LogP contribution is -2.39. The summed E-state index contributed by atoms with van der Waals surface area (Å²) in [6, 6.07) is 3.42. The molecule has 0 bridgehead atoms. The zero-order valence-electron chi connectivity index (χ0n) is 16.0. The molecule has 4 heterocycles. The summed E-state index contributed by atoms with van der Waals surface area (Å²) in [6.45, 7) is 4.31. The van der Waals surface area contributed by atoms with E-state index >= 15 is 0 Å². The standard InChI is InChI=1S/C20H27N3O5/c24-20(17-4-2-9-27-17)23-8-1-3-16(13-23)19-21-18(22-28-19)7-12-26-14-15-5-10-25-11-6-15/h2,4,9,15-16H,1,3,5-8,10-14H2. The van der Waals surface area contributed by atoms with E-state index in [0.29, 0.717) is 43.0 Å². The number of hydrogen-bond donors (Lipinski definition) is 0. The van der Waals surface area contributed by atoms with E-state index in [1.807, 2.05) is 0 Å². The first-order valence-electron chi connectivity index (χ1n) is 10.1. The van der Waals surface area contributed by atoms with Crippen LogP contribution in [0.25, 0.3) is 0 Å². The number of piperidine rings is 1. The van der Waals surface area contributed by atoms with Gasteiger partial charge in [0, 0.05) is 39.3 Å². The third-order valence-corrected chi connectivity index (χ3v) is 5.44. The molecule has 0 N–H and O–H groups in total. The van der Waals surface area contributed by atoms with Crippen molar-refractivity contribution in [2.24, 2.45) is 5.92 Å². The number of furan rings is 1. The highest BCUT2D eigenvalue weighted by Gasteiger charge is 2.30. The molecular formula is C20H27N3O5. The molecule has 2 saturated heterocycles. The Morgan fingerprint density at radius 1 is 1.29 bits per heavy atom. The Labute approximate surface area is 164 Å². The first-order valence-corrected chi connectivity index (χ1v) is 10.1. The van der Waals surface area contributed by atoms with Crippen LogP contribution in [0, 0.1) is 5.92 Å². The second-order valence-corrected chi connectivity index (χ2v) is 7.50. The van der Waals surface area contributed by atoms with Gasteiger partial charge >= 0.3 is 0 Å². The summed E-state index contributed by atoms with van der Waals surface area (Å²) in [5.41, 5.74) is 0. The van der Waals surface area contributed by atoms with Crippen LogP contribution < -0.4 is 0 Å². The molecule has 1 unspecified atom stereocenters. The smallest absolute Gasteiger partial charge is 0.289 e. The molecule has 0 radical (unpaired) electrons. The Bertz CT molecular complexity index is 739. The maximum Gasteiger partial charge on any atom is 0.289 e. The van der Waals surface area contributed by atoms with E-state index in [-0.39, 0.29) is 11.8 Å². The average molecular weight is 389 g/mol. The molecule has 4 rings (SSSR count). The fourth-order valence-electron chi connectivity index (χ4n) is 3.78. The SMILES string of the molecule is O=C(c1ccco1)N1CCCC(c2nc(CCOCC3CCOCC3)no2)C1. The molecule has 8 heteroatoms. The van der Waals surface area contributed by atoms with Crippen molar-refractivity contribution in [1.82, 2.24) is 15.0 Å². The third-order valence-electron chi connectivity index (χ3n) is 5.44. The molecule has 0 spiro atoms. The largest absolute Gasteiger partial charge is 0.459 e. The van der Waals surface area contributed by atoms with Crippen LogP contribution >= 0.6 is 0 Å². The lowest BCUT2D eigenvalue weighted by atomic mass is 9.98. The highest BCUT2D eigenvalue weighted by atomic mass is 16.5. The summed E-state index contributed by atoms with van der Waals surface area (Å²) in [5, 5.41) is 4.09. The van der Waals surface area contributed by atoms with Crippen LogP contribution in [0.1, 0.15) is 53.9 Å². The van der Waals surface area contributed by atoms with Gasteiger partial charge in [-0.3, -0.25) is 4.79 Å². The first-order chi connectivity index (χ1) is 13.8. The number of carbonyl (C=O) groups excluding carboxylic acids is 1. The summed E-state index contributed by atoms with van der Waals surface area (Å²) in [7, 11) is 0. The van der Waals surface area contributed by atoms with Crippen molar-refractivity contribution in [3.8, 4) is 0 Å². The minimum Gasteiger partial charge on any atom is -0.459 e. The molecule has 152 valence electrons. The average Bonchev–Trinajstić information content (AvgIpc) is 3.44. The maximum absolute atomic E-state index is 12.5. The number of amides is 1. The highest BCUT2D eigenvalue weighted by molar-refractivity contribution is 5.91. The molecule has 0 saturated carbocycles. The van der Waals surface area contributed by atoms with Crippen LogP contribution in [-0.2, 0) is 15.9 Å². The van der Waals surface area contributed by atoms with Gasteiger partial charge in [-0.2, -0.15) is 4.98 Å². The van der Waals surface area contributed by atoms with Gasteiger partial charge in [0.25, 0.3) is 5.91 Å². The molecule has 28 heavy (non-hydrogen) atoms. The van der Waals surface area contributed by atoms with E-state index in [1.54, 1.807) is 17.0 Å². The maximum atomic E-state index is 12.5. The van der Waals surface area contributed by atoms with Gasteiger partial charge in [0.15, 0.2) is 11.6 Å². The van der Waals surface area contributed by atoms with Crippen molar-refractivity contribution < 1.29 is 23.2 Å². The van der Waals surface area contributed by atoms with Gasteiger partial charge in [-0.15, -0.1) is 0 Å². The van der Waals surface area contributed by atoms with Crippen LogP contribution in [0.5, 0.6) is 0 Å². The molecular weight excluding hydrogens is 362 g/mol. The molecule has 0 aliphatic carbocycles. The van der Waals surface area contributed by atoms with E-state index in [9.17, 15) is 4.79 Å². The van der Waals surface area contributed by atoms with Crippen molar-refractivity contribution in [3.63, 3.8) is 0 Å². The van der Waals surface area contributed by atoms with E-state index in [1.165, 1.54) is 6.26 Å². The van der Waals surface area contributed by atoms with Gasteiger partial charge in [0.2, 0.25) is 5.89 Å². The van der Waals surface area contributed by atoms with Gasteiger partial charge in [-0.05, 0) is 43.7 Å². The third kappa shape index (κ3) is 4.80. The zero-order valence-corrected chi connectivity index (χ0v) is 16.0. The molecule has 2 aliphatic rings. The fraction of sp³-hybridized carbons (Fsp3) is 0.650. The molecule has 2 aromatic rings. The number of nitrogens with zero attached hydrogens (tertiary/aromatic N) is 3.